The molecular weight excluding hydrogens is 259 g/mol. The molecule has 0 saturated heterocycles. The number of hydrogen-bond acceptors (Lipinski definition) is 2. The molecule has 104 valence electrons. The zero-order chi connectivity index (χ0) is 14.5. The zero-order valence-corrected chi connectivity index (χ0v) is 11.1. The predicted octanol–water partition coefficient (Wildman–Crippen LogP) is 1.94. The van der Waals surface area contributed by atoms with Crippen LogP contribution in [-0.2, 0) is 13.1 Å². The summed E-state index contributed by atoms with van der Waals surface area (Å²) in [7, 11) is 0. The average Bonchev–Trinajstić information content (AvgIpc) is 2.46. The third kappa shape index (κ3) is 3.12. The smallest absolute Gasteiger partial charge is 0.263 e. The molecule has 0 bridgehead atoms. The first-order valence-electron chi connectivity index (χ1n) is 6.34. The normalized spacial score (nSPS) is 10.3. The van der Waals surface area contributed by atoms with Crippen LogP contribution in [-0.4, -0.2) is 10.5 Å². The van der Waals surface area contributed by atoms with Crippen LogP contribution >= 0.6 is 0 Å². The quantitative estimate of drug-likeness (QED) is 0.926. The Kier molecular flexibility index (Phi) is 4.30. The number of carbonyl (C=O) groups excluding carboxylic acids is 1. The van der Waals surface area contributed by atoms with E-state index in [0.717, 1.165) is 5.56 Å². The fourth-order valence-corrected chi connectivity index (χ4v) is 1.84. The minimum absolute atomic E-state index is 0.108. The molecule has 0 atom stereocenters. The van der Waals surface area contributed by atoms with Gasteiger partial charge in [0, 0.05) is 19.3 Å². The molecule has 0 aliphatic rings. The van der Waals surface area contributed by atoms with Gasteiger partial charge in [0.25, 0.3) is 11.5 Å². The van der Waals surface area contributed by atoms with E-state index in [1.807, 2.05) is 6.92 Å². The van der Waals surface area contributed by atoms with Crippen LogP contribution in [0.3, 0.4) is 0 Å². The highest BCUT2D eigenvalue weighted by atomic mass is 19.1. The lowest BCUT2D eigenvalue weighted by molar-refractivity contribution is 0.0949. The standard InChI is InChI=1S/C15H15FN2O2/c1-2-18-9-3-4-13(15(18)20)14(19)17-10-11-5-7-12(16)8-6-11/h3-9H,2,10H2,1H3,(H,17,19). The molecule has 1 aromatic carbocycles. The summed E-state index contributed by atoms with van der Waals surface area (Å²) in [6, 6.07) is 8.99. The first kappa shape index (κ1) is 14.0. The highest BCUT2D eigenvalue weighted by Crippen LogP contribution is 2.02. The molecule has 1 N–H and O–H groups in total. The van der Waals surface area contributed by atoms with E-state index in [0.29, 0.717) is 6.54 Å². The highest BCUT2D eigenvalue weighted by molar-refractivity contribution is 5.93. The van der Waals surface area contributed by atoms with Crippen LogP contribution in [0.2, 0.25) is 0 Å². The van der Waals surface area contributed by atoms with E-state index in [9.17, 15) is 14.0 Å². The molecule has 0 radical (unpaired) electrons. The molecule has 0 fully saturated rings. The van der Waals surface area contributed by atoms with Gasteiger partial charge in [0.1, 0.15) is 11.4 Å². The maximum Gasteiger partial charge on any atom is 0.263 e. The summed E-state index contributed by atoms with van der Waals surface area (Å²) in [5, 5.41) is 2.65. The van der Waals surface area contributed by atoms with E-state index in [1.165, 1.54) is 22.8 Å². The maximum atomic E-state index is 12.8. The first-order chi connectivity index (χ1) is 9.61. The van der Waals surface area contributed by atoms with E-state index in [1.54, 1.807) is 24.4 Å². The van der Waals surface area contributed by atoms with Gasteiger partial charge < -0.3 is 9.88 Å². The topological polar surface area (TPSA) is 51.1 Å². The molecule has 0 aliphatic carbocycles. The van der Waals surface area contributed by atoms with Gasteiger partial charge in [-0.1, -0.05) is 12.1 Å². The SMILES string of the molecule is CCn1cccc(C(=O)NCc2ccc(F)cc2)c1=O. The van der Waals surface area contributed by atoms with Crippen LogP contribution in [0, 0.1) is 5.82 Å². The van der Waals surface area contributed by atoms with Crippen molar-refractivity contribution in [3.05, 3.63) is 69.9 Å². The molecule has 20 heavy (non-hydrogen) atoms. The number of aromatic nitrogens is 1. The van der Waals surface area contributed by atoms with Crippen LogP contribution < -0.4 is 10.9 Å². The van der Waals surface area contributed by atoms with Gasteiger partial charge in [-0.25, -0.2) is 4.39 Å². The number of rotatable bonds is 4. The Balaban J connectivity index is 2.09. The first-order valence-corrected chi connectivity index (χ1v) is 6.34. The fraction of sp³-hybridized carbons (Fsp3) is 0.200. The Labute approximate surface area is 115 Å². The number of pyridine rings is 1. The summed E-state index contributed by atoms with van der Waals surface area (Å²) in [5.41, 5.74) is 0.564. The lowest BCUT2D eigenvalue weighted by Crippen LogP contribution is -2.32. The number of carbonyl (C=O) groups is 1. The zero-order valence-electron chi connectivity index (χ0n) is 11.1. The summed E-state index contributed by atoms with van der Waals surface area (Å²) in [4.78, 5) is 23.9. The minimum Gasteiger partial charge on any atom is -0.348 e. The number of nitrogens with one attached hydrogen (secondary N) is 1. The minimum atomic E-state index is -0.429. The summed E-state index contributed by atoms with van der Waals surface area (Å²) in [5.74, 6) is -0.754. The van der Waals surface area contributed by atoms with Gasteiger partial charge in [0.05, 0.1) is 0 Å². The predicted molar refractivity (Wildman–Crippen MR) is 73.9 cm³/mol. The molecule has 0 spiro atoms. The van der Waals surface area contributed by atoms with Gasteiger partial charge in [-0.3, -0.25) is 9.59 Å². The van der Waals surface area contributed by atoms with Crippen molar-refractivity contribution in [1.82, 2.24) is 9.88 Å². The van der Waals surface area contributed by atoms with E-state index in [4.69, 9.17) is 0 Å². The number of nitrogens with zero attached hydrogens (tertiary/aromatic N) is 1. The number of aryl methyl sites for hydroxylation is 1. The Morgan fingerprint density at radius 2 is 1.95 bits per heavy atom. The third-order valence-electron chi connectivity index (χ3n) is 2.97. The Morgan fingerprint density at radius 1 is 1.25 bits per heavy atom. The lowest BCUT2D eigenvalue weighted by Gasteiger charge is -2.07. The Hall–Kier alpha value is -2.43. The van der Waals surface area contributed by atoms with Crippen LogP contribution in [0.4, 0.5) is 4.39 Å². The number of benzene rings is 1. The molecule has 1 amide bonds. The lowest BCUT2D eigenvalue weighted by atomic mass is 10.2. The van der Waals surface area contributed by atoms with Crippen molar-refractivity contribution in [2.24, 2.45) is 0 Å². The van der Waals surface area contributed by atoms with Crippen molar-refractivity contribution in [3.8, 4) is 0 Å². The van der Waals surface area contributed by atoms with Crippen LogP contribution in [0.15, 0.2) is 47.4 Å². The van der Waals surface area contributed by atoms with Crippen molar-refractivity contribution in [2.75, 3.05) is 0 Å². The molecular formula is C15H15FN2O2. The molecule has 1 aromatic heterocycles. The number of halogens is 1. The van der Waals surface area contributed by atoms with Gasteiger partial charge in [-0.05, 0) is 36.8 Å². The molecule has 1 heterocycles. The Bertz CT molecular complexity index is 662. The Morgan fingerprint density at radius 3 is 2.60 bits per heavy atom. The van der Waals surface area contributed by atoms with Gasteiger partial charge >= 0.3 is 0 Å². The largest absolute Gasteiger partial charge is 0.348 e. The summed E-state index contributed by atoms with van der Waals surface area (Å²) >= 11 is 0. The van der Waals surface area contributed by atoms with E-state index < -0.39 is 5.91 Å². The fourth-order valence-electron chi connectivity index (χ4n) is 1.84. The second-order valence-corrected chi connectivity index (χ2v) is 4.32. The van der Waals surface area contributed by atoms with Gasteiger partial charge in [0.15, 0.2) is 0 Å². The molecule has 2 rings (SSSR count). The van der Waals surface area contributed by atoms with Gasteiger partial charge in [0.2, 0.25) is 0 Å². The van der Waals surface area contributed by atoms with Gasteiger partial charge in [-0.2, -0.15) is 0 Å². The third-order valence-corrected chi connectivity index (χ3v) is 2.97. The van der Waals surface area contributed by atoms with Crippen LogP contribution in [0.1, 0.15) is 22.8 Å². The molecule has 5 heteroatoms. The molecule has 4 nitrogen and oxygen atoms in total. The van der Waals surface area contributed by atoms with E-state index in [-0.39, 0.29) is 23.5 Å². The van der Waals surface area contributed by atoms with Crippen molar-refractivity contribution in [2.45, 2.75) is 20.0 Å². The molecule has 0 unspecified atom stereocenters. The van der Waals surface area contributed by atoms with Crippen molar-refractivity contribution >= 4 is 5.91 Å². The summed E-state index contributed by atoms with van der Waals surface area (Å²) < 4.78 is 14.2. The number of hydrogen-bond donors (Lipinski definition) is 1. The molecule has 0 saturated carbocycles. The molecule has 0 aliphatic heterocycles. The van der Waals surface area contributed by atoms with Crippen molar-refractivity contribution in [3.63, 3.8) is 0 Å². The van der Waals surface area contributed by atoms with Crippen LogP contribution in [0.25, 0.3) is 0 Å². The maximum absolute atomic E-state index is 12.8. The monoisotopic (exact) mass is 274 g/mol. The van der Waals surface area contributed by atoms with Crippen molar-refractivity contribution in [1.29, 1.82) is 0 Å². The van der Waals surface area contributed by atoms with E-state index >= 15 is 0 Å². The second-order valence-electron chi connectivity index (χ2n) is 4.32. The number of amides is 1. The van der Waals surface area contributed by atoms with E-state index in [2.05, 4.69) is 5.32 Å². The van der Waals surface area contributed by atoms with Crippen LogP contribution in [0.5, 0.6) is 0 Å². The van der Waals surface area contributed by atoms with Crippen molar-refractivity contribution < 1.29 is 9.18 Å². The van der Waals surface area contributed by atoms with Gasteiger partial charge in [-0.15, -0.1) is 0 Å². The average molecular weight is 274 g/mol. The molecule has 2 aromatic rings. The second kappa shape index (κ2) is 6.14. The summed E-state index contributed by atoms with van der Waals surface area (Å²) in [6.07, 6.45) is 1.64. The summed E-state index contributed by atoms with van der Waals surface area (Å²) in [6.45, 7) is 2.60. The highest BCUT2D eigenvalue weighted by Gasteiger charge is 2.11.